The zero-order valence-corrected chi connectivity index (χ0v) is 19.5. The van der Waals surface area contributed by atoms with E-state index in [0.717, 1.165) is 58.3 Å². The summed E-state index contributed by atoms with van der Waals surface area (Å²) in [5.74, 6) is 0.872. The van der Waals surface area contributed by atoms with Crippen molar-refractivity contribution in [3.63, 3.8) is 0 Å². The quantitative estimate of drug-likeness (QED) is 0.241. The number of halogens is 1. The Morgan fingerprint density at radius 1 is 1.26 bits per heavy atom. The summed E-state index contributed by atoms with van der Waals surface area (Å²) in [6.45, 7) is 13.5. The molecule has 1 heterocycles. The fourth-order valence-electron chi connectivity index (χ4n) is 2.89. The molecule has 5 nitrogen and oxygen atoms in total. The number of guanidine groups is 1. The molecule has 1 unspecified atom stereocenters. The van der Waals surface area contributed by atoms with Gasteiger partial charge in [-0.25, -0.2) is 0 Å². The van der Waals surface area contributed by atoms with Gasteiger partial charge in [0, 0.05) is 31.7 Å². The molecule has 0 bridgehead atoms. The number of benzene rings is 1. The van der Waals surface area contributed by atoms with Crippen LogP contribution in [0.5, 0.6) is 0 Å². The highest BCUT2D eigenvalue weighted by Crippen LogP contribution is 2.23. The van der Waals surface area contributed by atoms with E-state index in [1.165, 1.54) is 11.1 Å². The lowest BCUT2D eigenvalue weighted by atomic mass is 9.84. The topological polar surface area (TPSA) is 54.9 Å². The smallest absolute Gasteiger partial charge is 0.191 e. The van der Waals surface area contributed by atoms with Crippen molar-refractivity contribution in [3.8, 4) is 0 Å². The van der Waals surface area contributed by atoms with Gasteiger partial charge in [0.2, 0.25) is 0 Å². The van der Waals surface area contributed by atoms with E-state index in [-0.39, 0.29) is 35.5 Å². The number of ether oxygens (including phenoxy) is 2. The second-order valence-corrected chi connectivity index (χ2v) is 7.58. The summed E-state index contributed by atoms with van der Waals surface area (Å²) >= 11 is 0. The fourth-order valence-corrected chi connectivity index (χ4v) is 2.89. The van der Waals surface area contributed by atoms with Crippen LogP contribution in [0, 0.1) is 6.92 Å². The van der Waals surface area contributed by atoms with Crippen LogP contribution in [0.25, 0.3) is 0 Å². The molecular formula is C21H36IN3O2. The number of hydrogen-bond donors (Lipinski definition) is 2. The van der Waals surface area contributed by atoms with Crippen molar-refractivity contribution >= 4 is 29.9 Å². The van der Waals surface area contributed by atoms with Crippen molar-refractivity contribution < 1.29 is 9.47 Å². The minimum Gasteiger partial charge on any atom is -0.379 e. The SMILES string of the molecule is CCNC(=NCC(C)(C)c1ccc(C)cc1)NCCCOC1CCOC1.I. The summed E-state index contributed by atoms with van der Waals surface area (Å²) < 4.78 is 11.1. The lowest BCUT2D eigenvalue weighted by Gasteiger charge is -2.24. The van der Waals surface area contributed by atoms with Crippen LogP contribution >= 0.6 is 24.0 Å². The lowest BCUT2D eigenvalue weighted by molar-refractivity contribution is 0.0420. The second kappa shape index (κ2) is 12.6. The molecule has 1 fully saturated rings. The molecule has 6 heteroatoms. The van der Waals surface area contributed by atoms with Gasteiger partial charge in [-0.1, -0.05) is 43.7 Å². The summed E-state index contributed by atoms with van der Waals surface area (Å²) in [7, 11) is 0. The predicted molar refractivity (Wildman–Crippen MR) is 123 cm³/mol. The molecule has 0 spiro atoms. The third kappa shape index (κ3) is 8.79. The van der Waals surface area contributed by atoms with E-state index in [1.54, 1.807) is 0 Å². The average molecular weight is 489 g/mol. The van der Waals surface area contributed by atoms with Gasteiger partial charge in [0.15, 0.2) is 5.96 Å². The van der Waals surface area contributed by atoms with Gasteiger partial charge < -0.3 is 20.1 Å². The fraction of sp³-hybridized carbons (Fsp3) is 0.667. The first-order valence-electron chi connectivity index (χ1n) is 9.80. The zero-order valence-electron chi connectivity index (χ0n) is 17.2. The number of hydrogen-bond acceptors (Lipinski definition) is 3. The summed E-state index contributed by atoms with van der Waals surface area (Å²) in [4.78, 5) is 4.79. The first kappa shape index (κ1) is 24.2. The lowest BCUT2D eigenvalue weighted by Crippen LogP contribution is -2.39. The van der Waals surface area contributed by atoms with Gasteiger partial charge in [-0.2, -0.15) is 0 Å². The van der Waals surface area contributed by atoms with Gasteiger partial charge in [0.25, 0.3) is 0 Å². The average Bonchev–Trinajstić information content (AvgIpc) is 3.13. The van der Waals surface area contributed by atoms with Crippen LogP contribution in [0.2, 0.25) is 0 Å². The molecule has 154 valence electrons. The van der Waals surface area contributed by atoms with E-state index in [1.807, 2.05) is 0 Å². The Kier molecular flexibility index (Phi) is 11.3. The van der Waals surface area contributed by atoms with Gasteiger partial charge in [-0.15, -0.1) is 24.0 Å². The van der Waals surface area contributed by atoms with E-state index in [9.17, 15) is 0 Å². The summed E-state index contributed by atoms with van der Waals surface area (Å²) in [6.07, 6.45) is 2.26. The van der Waals surface area contributed by atoms with Crippen LogP contribution in [-0.2, 0) is 14.9 Å². The highest BCUT2D eigenvalue weighted by Gasteiger charge is 2.20. The monoisotopic (exact) mass is 489 g/mol. The van der Waals surface area contributed by atoms with Gasteiger partial charge in [0.1, 0.15) is 0 Å². The highest BCUT2D eigenvalue weighted by molar-refractivity contribution is 14.0. The van der Waals surface area contributed by atoms with Crippen LogP contribution in [0.4, 0.5) is 0 Å². The largest absolute Gasteiger partial charge is 0.379 e. The van der Waals surface area contributed by atoms with Gasteiger partial charge in [-0.05, 0) is 32.3 Å². The molecule has 27 heavy (non-hydrogen) atoms. The third-order valence-electron chi connectivity index (χ3n) is 4.66. The maximum atomic E-state index is 5.80. The molecule has 1 aromatic rings. The molecule has 2 rings (SSSR count). The summed E-state index contributed by atoms with van der Waals surface area (Å²) in [6, 6.07) is 8.74. The number of nitrogens with one attached hydrogen (secondary N) is 2. The molecule has 0 radical (unpaired) electrons. The Morgan fingerprint density at radius 2 is 2.00 bits per heavy atom. The van der Waals surface area contributed by atoms with Crippen molar-refractivity contribution in [2.45, 2.75) is 52.1 Å². The van der Waals surface area contributed by atoms with Crippen LogP contribution < -0.4 is 10.6 Å². The Morgan fingerprint density at radius 3 is 2.63 bits per heavy atom. The van der Waals surface area contributed by atoms with E-state index >= 15 is 0 Å². The maximum absolute atomic E-state index is 5.80. The van der Waals surface area contributed by atoms with E-state index in [4.69, 9.17) is 14.5 Å². The van der Waals surface area contributed by atoms with E-state index in [2.05, 4.69) is 62.6 Å². The number of aryl methyl sites for hydroxylation is 1. The first-order valence-corrected chi connectivity index (χ1v) is 9.80. The second-order valence-electron chi connectivity index (χ2n) is 7.58. The molecule has 0 amide bonds. The maximum Gasteiger partial charge on any atom is 0.191 e. The van der Waals surface area contributed by atoms with Crippen molar-refractivity contribution in [1.82, 2.24) is 10.6 Å². The normalized spacial score (nSPS) is 17.5. The molecular weight excluding hydrogens is 453 g/mol. The Balaban J connectivity index is 0.00000364. The molecule has 1 aliphatic heterocycles. The van der Waals surface area contributed by atoms with Gasteiger partial charge >= 0.3 is 0 Å². The minimum absolute atomic E-state index is 0. The van der Waals surface area contributed by atoms with Crippen molar-refractivity contribution in [3.05, 3.63) is 35.4 Å². The molecule has 1 atom stereocenters. The Labute approximate surface area is 181 Å². The number of nitrogens with zero attached hydrogens (tertiary/aromatic N) is 1. The Hall–Kier alpha value is -0.860. The van der Waals surface area contributed by atoms with Gasteiger partial charge in [-0.3, -0.25) is 4.99 Å². The minimum atomic E-state index is 0. The molecule has 1 aromatic carbocycles. The molecule has 0 saturated carbocycles. The molecule has 1 aliphatic rings. The first-order chi connectivity index (χ1) is 12.5. The van der Waals surface area contributed by atoms with E-state index in [0.29, 0.717) is 0 Å². The third-order valence-corrected chi connectivity index (χ3v) is 4.66. The zero-order chi connectivity index (χ0) is 18.8. The number of aliphatic imine (C=N–C) groups is 1. The van der Waals surface area contributed by atoms with Crippen LogP contribution in [0.1, 0.15) is 44.7 Å². The van der Waals surface area contributed by atoms with Crippen molar-refractivity contribution in [1.29, 1.82) is 0 Å². The Bertz CT molecular complexity index is 555. The molecule has 2 N–H and O–H groups in total. The highest BCUT2D eigenvalue weighted by atomic mass is 127. The van der Waals surface area contributed by atoms with E-state index < -0.39 is 0 Å². The standard InChI is InChI=1S/C21H35N3O2.HI/c1-5-22-20(23-12-6-13-26-19-11-14-25-15-19)24-16-21(3,4)18-9-7-17(2)8-10-18;/h7-10,19H,5-6,11-16H2,1-4H3,(H2,22,23,24);1H. The summed E-state index contributed by atoms with van der Waals surface area (Å²) in [5, 5.41) is 6.73. The van der Waals surface area contributed by atoms with Crippen LogP contribution in [-0.4, -0.2) is 51.5 Å². The predicted octanol–water partition coefficient (Wildman–Crippen LogP) is 3.64. The van der Waals surface area contributed by atoms with Crippen molar-refractivity contribution in [2.75, 3.05) is 39.5 Å². The van der Waals surface area contributed by atoms with Gasteiger partial charge in [0.05, 0.1) is 19.3 Å². The van der Waals surface area contributed by atoms with Crippen LogP contribution in [0.3, 0.4) is 0 Å². The summed E-state index contributed by atoms with van der Waals surface area (Å²) in [5.41, 5.74) is 2.60. The van der Waals surface area contributed by atoms with Crippen molar-refractivity contribution in [2.24, 2.45) is 4.99 Å². The molecule has 1 saturated heterocycles. The molecule has 0 aromatic heterocycles. The molecule has 0 aliphatic carbocycles. The number of rotatable bonds is 9. The van der Waals surface area contributed by atoms with Crippen LogP contribution in [0.15, 0.2) is 29.3 Å².